The van der Waals surface area contributed by atoms with E-state index < -0.39 is 0 Å². The SMILES string of the molecule is CCC[N+](C)(CCO)CCCCCCOC. The number of aliphatic hydroxyl groups excluding tert-OH is 1. The molecule has 0 spiro atoms. The fraction of sp³-hybridized carbons (Fsp3) is 1.00. The van der Waals surface area contributed by atoms with Crippen LogP contribution in [0.2, 0.25) is 0 Å². The van der Waals surface area contributed by atoms with Crippen LogP contribution in [0.15, 0.2) is 0 Å². The number of ether oxygens (including phenoxy) is 1. The number of quaternary nitrogens is 1. The summed E-state index contributed by atoms with van der Waals surface area (Å²) >= 11 is 0. The van der Waals surface area contributed by atoms with Crippen molar-refractivity contribution in [3.8, 4) is 0 Å². The molecule has 3 nitrogen and oxygen atoms in total. The van der Waals surface area contributed by atoms with Crippen molar-refractivity contribution in [2.75, 3.05) is 47.0 Å². The van der Waals surface area contributed by atoms with Crippen LogP contribution in [0, 0.1) is 0 Å². The van der Waals surface area contributed by atoms with Crippen LogP contribution < -0.4 is 0 Å². The quantitative estimate of drug-likeness (QED) is 0.436. The van der Waals surface area contributed by atoms with Gasteiger partial charge in [-0.2, -0.15) is 0 Å². The average Bonchev–Trinajstić information content (AvgIpc) is 2.24. The van der Waals surface area contributed by atoms with Crippen molar-refractivity contribution in [3.05, 3.63) is 0 Å². The second-order valence-electron chi connectivity index (χ2n) is 4.92. The number of hydrogen-bond acceptors (Lipinski definition) is 2. The van der Waals surface area contributed by atoms with Gasteiger partial charge in [0, 0.05) is 13.7 Å². The van der Waals surface area contributed by atoms with Crippen molar-refractivity contribution in [2.45, 2.75) is 39.0 Å². The van der Waals surface area contributed by atoms with Crippen LogP contribution in [0.25, 0.3) is 0 Å². The van der Waals surface area contributed by atoms with Crippen LogP contribution in [-0.4, -0.2) is 56.6 Å². The molecule has 0 radical (unpaired) electrons. The van der Waals surface area contributed by atoms with Gasteiger partial charge in [-0.05, 0) is 25.7 Å². The van der Waals surface area contributed by atoms with Gasteiger partial charge in [-0.1, -0.05) is 13.3 Å². The van der Waals surface area contributed by atoms with Gasteiger partial charge in [-0.3, -0.25) is 0 Å². The predicted octanol–water partition coefficient (Wildman–Crippen LogP) is 2.04. The lowest BCUT2D eigenvalue weighted by Crippen LogP contribution is -2.47. The minimum atomic E-state index is 0.306. The van der Waals surface area contributed by atoms with Gasteiger partial charge in [0.2, 0.25) is 0 Å². The maximum absolute atomic E-state index is 9.07. The summed E-state index contributed by atoms with van der Waals surface area (Å²) in [4.78, 5) is 0. The lowest BCUT2D eigenvalue weighted by molar-refractivity contribution is -0.910. The molecule has 0 saturated carbocycles. The number of methoxy groups -OCH3 is 1. The Kier molecular flexibility index (Phi) is 9.99. The van der Waals surface area contributed by atoms with E-state index in [1.165, 1.54) is 45.2 Å². The summed E-state index contributed by atoms with van der Waals surface area (Å²) in [5.41, 5.74) is 0. The largest absolute Gasteiger partial charge is 0.391 e. The number of nitrogens with zero attached hydrogens (tertiary/aromatic N) is 1. The van der Waals surface area contributed by atoms with Gasteiger partial charge in [0.1, 0.15) is 6.54 Å². The summed E-state index contributed by atoms with van der Waals surface area (Å²) < 4.78 is 6.05. The molecule has 1 atom stereocenters. The number of likely N-dealkylation sites (N-methyl/N-ethyl adjacent to an activating group) is 1. The maximum atomic E-state index is 9.07. The Bertz CT molecular complexity index is 145. The molecule has 0 heterocycles. The van der Waals surface area contributed by atoms with E-state index in [4.69, 9.17) is 9.84 Å². The first-order valence-electron chi connectivity index (χ1n) is 6.62. The highest BCUT2D eigenvalue weighted by Crippen LogP contribution is 2.09. The van der Waals surface area contributed by atoms with Crippen molar-refractivity contribution in [1.82, 2.24) is 0 Å². The van der Waals surface area contributed by atoms with Crippen molar-refractivity contribution in [1.29, 1.82) is 0 Å². The number of aliphatic hydroxyl groups is 1. The van der Waals surface area contributed by atoms with Gasteiger partial charge >= 0.3 is 0 Å². The van der Waals surface area contributed by atoms with Gasteiger partial charge < -0.3 is 14.3 Å². The molecule has 0 amide bonds. The molecule has 0 aliphatic carbocycles. The second-order valence-corrected chi connectivity index (χ2v) is 4.92. The highest BCUT2D eigenvalue weighted by atomic mass is 16.5. The fourth-order valence-electron chi connectivity index (χ4n) is 2.21. The minimum absolute atomic E-state index is 0.306. The van der Waals surface area contributed by atoms with E-state index in [1.807, 2.05) is 0 Å². The molecule has 0 fully saturated rings. The first kappa shape index (κ1) is 15.9. The Morgan fingerprint density at radius 1 is 1.00 bits per heavy atom. The van der Waals surface area contributed by atoms with Gasteiger partial charge in [0.15, 0.2) is 0 Å². The van der Waals surface area contributed by atoms with Crippen LogP contribution >= 0.6 is 0 Å². The zero-order valence-corrected chi connectivity index (χ0v) is 11.4. The first-order chi connectivity index (χ1) is 7.68. The Morgan fingerprint density at radius 2 is 1.69 bits per heavy atom. The van der Waals surface area contributed by atoms with Crippen molar-refractivity contribution in [3.63, 3.8) is 0 Å². The zero-order valence-electron chi connectivity index (χ0n) is 11.4. The smallest absolute Gasteiger partial charge is 0.102 e. The Hall–Kier alpha value is -0.120. The molecular formula is C13H30NO2+. The average molecular weight is 232 g/mol. The van der Waals surface area contributed by atoms with Crippen molar-refractivity contribution < 1.29 is 14.3 Å². The van der Waals surface area contributed by atoms with E-state index in [-0.39, 0.29) is 0 Å². The molecule has 1 N–H and O–H groups in total. The molecule has 0 aliphatic heterocycles. The molecule has 0 saturated heterocycles. The second kappa shape index (κ2) is 10.1. The van der Waals surface area contributed by atoms with Gasteiger partial charge in [0.25, 0.3) is 0 Å². The normalized spacial score (nSPS) is 15.0. The number of rotatable bonds is 11. The topological polar surface area (TPSA) is 29.5 Å². The Labute approximate surface area is 101 Å². The van der Waals surface area contributed by atoms with E-state index in [9.17, 15) is 0 Å². The highest BCUT2D eigenvalue weighted by Gasteiger charge is 2.18. The molecule has 98 valence electrons. The number of unbranched alkanes of at least 4 members (excludes halogenated alkanes) is 3. The Balaban J connectivity index is 3.59. The molecule has 0 bridgehead atoms. The lowest BCUT2D eigenvalue weighted by Gasteiger charge is -2.33. The molecule has 1 unspecified atom stereocenters. The maximum Gasteiger partial charge on any atom is 0.102 e. The first-order valence-corrected chi connectivity index (χ1v) is 6.62. The van der Waals surface area contributed by atoms with Crippen molar-refractivity contribution in [2.24, 2.45) is 0 Å². The third-order valence-electron chi connectivity index (χ3n) is 3.20. The molecule has 0 aliphatic rings. The van der Waals surface area contributed by atoms with E-state index in [1.54, 1.807) is 7.11 Å². The van der Waals surface area contributed by atoms with Gasteiger partial charge in [-0.15, -0.1) is 0 Å². The van der Waals surface area contributed by atoms with E-state index >= 15 is 0 Å². The molecular weight excluding hydrogens is 202 g/mol. The molecule has 0 aromatic carbocycles. The molecule has 16 heavy (non-hydrogen) atoms. The molecule has 0 aromatic rings. The Morgan fingerprint density at radius 3 is 2.25 bits per heavy atom. The monoisotopic (exact) mass is 232 g/mol. The summed E-state index contributed by atoms with van der Waals surface area (Å²) in [5.74, 6) is 0. The van der Waals surface area contributed by atoms with Gasteiger partial charge in [-0.25, -0.2) is 0 Å². The summed E-state index contributed by atoms with van der Waals surface area (Å²) in [7, 11) is 4.02. The van der Waals surface area contributed by atoms with Crippen LogP contribution in [0.4, 0.5) is 0 Å². The lowest BCUT2D eigenvalue weighted by atomic mass is 10.1. The third-order valence-corrected chi connectivity index (χ3v) is 3.20. The summed E-state index contributed by atoms with van der Waals surface area (Å²) in [6, 6.07) is 0. The molecule has 3 heteroatoms. The number of hydrogen-bond donors (Lipinski definition) is 1. The fourth-order valence-corrected chi connectivity index (χ4v) is 2.21. The standard InChI is InChI=1S/C13H30NO2/c1-4-9-14(2,11-12-15)10-7-5-6-8-13-16-3/h15H,4-13H2,1-3H3/q+1. The van der Waals surface area contributed by atoms with E-state index in [2.05, 4.69) is 14.0 Å². The zero-order chi connectivity index (χ0) is 12.3. The van der Waals surface area contributed by atoms with E-state index in [0.717, 1.165) is 17.6 Å². The summed E-state index contributed by atoms with van der Waals surface area (Å²) in [6.45, 7) is 6.68. The van der Waals surface area contributed by atoms with E-state index in [0.29, 0.717) is 6.61 Å². The van der Waals surface area contributed by atoms with Crippen LogP contribution in [-0.2, 0) is 4.74 Å². The van der Waals surface area contributed by atoms with Crippen LogP contribution in [0.5, 0.6) is 0 Å². The minimum Gasteiger partial charge on any atom is -0.391 e. The molecule has 0 rings (SSSR count). The van der Waals surface area contributed by atoms with Gasteiger partial charge in [0.05, 0.1) is 26.7 Å². The summed E-state index contributed by atoms with van der Waals surface area (Å²) in [5, 5.41) is 9.07. The van der Waals surface area contributed by atoms with Crippen molar-refractivity contribution >= 4 is 0 Å². The highest BCUT2D eigenvalue weighted by molar-refractivity contribution is 4.45. The third kappa shape index (κ3) is 8.08. The van der Waals surface area contributed by atoms with Crippen LogP contribution in [0.3, 0.4) is 0 Å². The van der Waals surface area contributed by atoms with Crippen LogP contribution in [0.1, 0.15) is 39.0 Å². The predicted molar refractivity (Wildman–Crippen MR) is 68.5 cm³/mol. The summed E-state index contributed by atoms with van der Waals surface area (Å²) in [6.07, 6.45) is 6.18. The molecule has 0 aromatic heterocycles.